The molecule has 9 aromatic carbocycles. The van der Waals surface area contributed by atoms with Crippen LogP contribution in [0.15, 0.2) is 186 Å². The van der Waals surface area contributed by atoms with Crippen molar-refractivity contribution in [3.8, 4) is 43.8 Å². The summed E-state index contributed by atoms with van der Waals surface area (Å²) in [5.74, 6) is 0. The maximum absolute atomic E-state index is 6.79. The molecule has 242 valence electrons. The Hall–Kier alpha value is -6.48. The molecule has 2 aromatic heterocycles. The summed E-state index contributed by atoms with van der Waals surface area (Å²) in [6.07, 6.45) is 0. The predicted molar refractivity (Wildman–Crippen MR) is 223 cm³/mol. The van der Waals surface area contributed by atoms with Gasteiger partial charge in [0.25, 0.3) is 0 Å². The van der Waals surface area contributed by atoms with Crippen LogP contribution in [0.1, 0.15) is 0 Å². The van der Waals surface area contributed by atoms with Gasteiger partial charge in [0.2, 0.25) is 0 Å². The third-order valence-electron chi connectivity index (χ3n) is 10.7. The molecular formula is C50H30OS. The number of rotatable bonds is 4. The molecule has 0 aliphatic heterocycles. The van der Waals surface area contributed by atoms with Crippen molar-refractivity contribution in [3.63, 3.8) is 0 Å². The summed E-state index contributed by atoms with van der Waals surface area (Å²) in [5.41, 5.74) is 10.5. The number of furan rings is 1. The molecule has 0 aliphatic rings. The molecular weight excluding hydrogens is 649 g/mol. The first kappa shape index (κ1) is 29.3. The third-order valence-corrected chi connectivity index (χ3v) is 11.9. The minimum absolute atomic E-state index is 0.906. The van der Waals surface area contributed by atoms with Gasteiger partial charge in [-0.05, 0) is 90.0 Å². The molecule has 1 nitrogen and oxygen atoms in total. The highest BCUT2D eigenvalue weighted by atomic mass is 32.1. The molecule has 0 atom stereocenters. The third kappa shape index (κ3) is 4.41. The first-order valence-corrected chi connectivity index (χ1v) is 18.6. The maximum atomic E-state index is 6.79. The van der Waals surface area contributed by atoms with Crippen molar-refractivity contribution in [1.29, 1.82) is 0 Å². The van der Waals surface area contributed by atoms with E-state index >= 15 is 0 Å². The van der Waals surface area contributed by atoms with E-state index in [0.717, 1.165) is 21.9 Å². The first-order chi connectivity index (χ1) is 25.8. The molecule has 0 fully saturated rings. The van der Waals surface area contributed by atoms with E-state index < -0.39 is 0 Å². The lowest BCUT2D eigenvalue weighted by Gasteiger charge is -2.18. The van der Waals surface area contributed by atoms with Gasteiger partial charge in [0.1, 0.15) is 5.58 Å². The maximum Gasteiger partial charge on any atom is 0.153 e. The Kier molecular flexibility index (Phi) is 6.49. The minimum atomic E-state index is 0.906. The molecule has 0 amide bonds. The summed E-state index contributed by atoms with van der Waals surface area (Å²) in [4.78, 5) is 1.26. The van der Waals surface area contributed by atoms with Crippen LogP contribution in [0.3, 0.4) is 0 Å². The van der Waals surface area contributed by atoms with Crippen LogP contribution in [-0.4, -0.2) is 0 Å². The summed E-state index contributed by atoms with van der Waals surface area (Å²) < 4.78 is 7.98. The Morgan fingerprint density at radius 3 is 1.54 bits per heavy atom. The molecule has 0 saturated carbocycles. The van der Waals surface area contributed by atoms with Crippen LogP contribution < -0.4 is 0 Å². The van der Waals surface area contributed by atoms with E-state index in [2.05, 4.69) is 182 Å². The lowest BCUT2D eigenvalue weighted by molar-refractivity contribution is 0.673. The standard InChI is InChI=1S/C50H30OS/c1-3-14-32(15-4-1)47-42-27-26-41-43-30-36(25-28-44(43)51-48(41)50(42)52-49(47)33-16-5-2-6-17-33)46-39-21-11-9-19-37(39)45(38-20-10-12-22-40(38)46)35-24-23-31-13-7-8-18-34(31)29-35/h1-30H. The quantitative estimate of drug-likeness (QED) is 0.169. The fourth-order valence-corrected chi connectivity index (χ4v) is 9.64. The van der Waals surface area contributed by atoms with Crippen LogP contribution in [0.25, 0.3) is 108 Å². The summed E-state index contributed by atoms with van der Waals surface area (Å²) >= 11 is 1.83. The predicted octanol–water partition coefficient (Wildman–Crippen LogP) is 14.9. The zero-order valence-corrected chi connectivity index (χ0v) is 29.0. The second kappa shape index (κ2) is 11.5. The molecule has 0 spiro atoms. The lowest BCUT2D eigenvalue weighted by atomic mass is 9.85. The van der Waals surface area contributed by atoms with Crippen molar-refractivity contribution in [1.82, 2.24) is 0 Å². The summed E-state index contributed by atoms with van der Waals surface area (Å²) in [6, 6.07) is 66.1. The fraction of sp³-hybridized carbons (Fsp3) is 0. The highest BCUT2D eigenvalue weighted by Gasteiger charge is 2.22. The zero-order valence-electron chi connectivity index (χ0n) is 28.1. The summed E-state index contributed by atoms with van der Waals surface area (Å²) in [5, 5.41) is 11.0. The SMILES string of the molecule is c1ccc(-c2sc3c(ccc4c5cc(-c6c7ccccc7c(-c7ccc8ccccc8c7)c7ccccc67)ccc5oc43)c2-c2ccccc2)cc1. The highest BCUT2D eigenvalue weighted by Crippen LogP contribution is 2.50. The molecule has 52 heavy (non-hydrogen) atoms. The van der Waals surface area contributed by atoms with Crippen LogP contribution in [0, 0.1) is 0 Å². The van der Waals surface area contributed by atoms with Crippen LogP contribution >= 0.6 is 11.3 Å². The number of hydrogen-bond acceptors (Lipinski definition) is 2. The number of fused-ring (bicyclic) bond motifs is 8. The summed E-state index contributed by atoms with van der Waals surface area (Å²) in [6.45, 7) is 0. The van der Waals surface area contributed by atoms with Crippen LogP contribution in [0.5, 0.6) is 0 Å². The minimum Gasteiger partial charge on any atom is -0.455 e. The monoisotopic (exact) mass is 678 g/mol. The van der Waals surface area contributed by atoms with Gasteiger partial charge in [-0.15, -0.1) is 11.3 Å². The Bertz CT molecular complexity index is 3110. The van der Waals surface area contributed by atoms with E-state index in [1.807, 2.05) is 11.3 Å². The summed E-state index contributed by atoms with van der Waals surface area (Å²) in [7, 11) is 0. The van der Waals surface area contributed by atoms with Crippen molar-refractivity contribution >= 4 is 75.7 Å². The molecule has 11 rings (SSSR count). The van der Waals surface area contributed by atoms with Crippen molar-refractivity contribution in [3.05, 3.63) is 182 Å². The fourth-order valence-electron chi connectivity index (χ4n) is 8.32. The molecule has 0 N–H and O–H groups in total. The number of benzene rings is 9. The second-order valence-electron chi connectivity index (χ2n) is 13.6. The zero-order chi connectivity index (χ0) is 34.2. The van der Waals surface area contributed by atoms with Gasteiger partial charge in [-0.25, -0.2) is 0 Å². The molecule has 0 aliphatic carbocycles. The molecule has 11 aromatic rings. The first-order valence-electron chi connectivity index (χ1n) is 17.8. The van der Waals surface area contributed by atoms with E-state index in [4.69, 9.17) is 4.42 Å². The molecule has 0 unspecified atom stereocenters. The van der Waals surface area contributed by atoms with Gasteiger partial charge in [-0.3, -0.25) is 0 Å². The Balaban J connectivity index is 1.16. The van der Waals surface area contributed by atoms with E-state index in [9.17, 15) is 0 Å². The van der Waals surface area contributed by atoms with E-state index in [1.165, 1.54) is 86.2 Å². The Morgan fingerprint density at radius 1 is 0.327 bits per heavy atom. The van der Waals surface area contributed by atoms with Gasteiger partial charge in [0.05, 0.1) is 4.70 Å². The largest absolute Gasteiger partial charge is 0.455 e. The van der Waals surface area contributed by atoms with E-state index in [0.29, 0.717) is 0 Å². The van der Waals surface area contributed by atoms with Crippen LogP contribution in [0.2, 0.25) is 0 Å². The van der Waals surface area contributed by atoms with E-state index in [-0.39, 0.29) is 0 Å². The molecule has 0 radical (unpaired) electrons. The van der Waals surface area contributed by atoms with E-state index in [1.54, 1.807) is 0 Å². The Morgan fingerprint density at radius 2 is 0.865 bits per heavy atom. The Labute approximate surface area is 304 Å². The highest BCUT2D eigenvalue weighted by molar-refractivity contribution is 7.24. The molecule has 2 heteroatoms. The van der Waals surface area contributed by atoms with Crippen LogP contribution in [-0.2, 0) is 0 Å². The molecule has 0 saturated heterocycles. The van der Waals surface area contributed by atoms with Gasteiger partial charge in [0.15, 0.2) is 5.58 Å². The molecule has 0 bridgehead atoms. The van der Waals surface area contributed by atoms with Gasteiger partial charge < -0.3 is 4.42 Å². The van der Waals surface area contributed by atoms with Gasteiger partial charge in [-0.1, -0.05) is 158 Å². The number of thiophene rings is 1. The number of hydrogen-bond donors (Lipinski definition) is 0. The topological polar surface area (TPSA) is 13.1 Å². The van der Waals surface area contributed by atoms with Crippen molar-refractivity contribution < 1.29 is 4.42 Å². The normalized spacial score (nSPS) is 11.8. The smallest absolute Gasteiger partial charge is 0.153 e. The van der Waals surface area contributed by atoms with Crippen molar-refractivity contribution in [2.75, 3.05) is 0 Å². The average molecular weight is 679 g/mol. The average Bonchev–Trinajstić information content (AvgIpc) is 3.79. The molecule has 2 heterocycles. The lowest BCUT2D eigenvalue weighted by Crippen LogP contribution is -1.91. The van der Waals surface area contributed by atoms with Gasteiger partial charge in [-0.2, -0.15) is 0 Å². The van der Waals surface area contributed by atoms with Crippen molar-refractivity contribution in [2.24, 2.45) is 0 Å². The second-order valence-corrected chi connectivity index (χ2v) is 14.6. The van der Waals surface area contributed by atoms with Gasteiger partial charge >= 0.3 is 0 Å². The van der Waals surface area contributed by atoms with Crippen molar-refractivity contribution in [2.45, 2.75) is 0 Å². The van der Waals surface area contributed by atoms with Crippen LogP contribution in [0.4, 0.5) is 0 Å². The van der Waals surface area contributed by atoms with Gasteiger partial charge in [0, 0.05) is 26.6 Å².